The summed E-state index contributed by atoms with van der Waals surface area (Å²) in [6, 6.07) is 23.7. The summed E-state index contributed by atoms with van der Waals surface area (Å²) in [5.41, 5.74) is -7.80. The van der Waals surface area contributed by atoms with Crippen LogP contribution < -0.4 is 5.32 Å². The maximum Gasteiger partial charge on any atom is 0.509 e. The fourth-order valence-electron chi connectivity index (χ4n) is 11.0. The van der Waals surface area contributed by atoms with E-state index >= 15 is 14.4 Å². The van der Waals surface area contributed by atoms with Gasteiger partial charge in [-0.15, -0.1) is 0 Å². The minimum atomic E-state index is -2.43. The van der Waals surface area contributed by atoms with Crippen LogP contribution in [0.15, 0.2) is 96.6 Å². The predicted molar refractivity (Wildman–Crippen MR) is 247 cm³/mol. The van der Waals surface area contributed by atoms with Crippen LogP contribution in [0.4, 0.5) is 4.79 Å². The molecule has 1 amide bonds. The van der Waals surface area contributed by atoms with E-state index < -0.39 is 130 Å². The van der Waals surface area contributed by atoms with E-state index in [0.29, 0.717) is 5.56 Å². The second-order valence-corrected chi connectivity index (χ2v) is 20.5. The summed E-state index contributed by atoms with van der Waals surface area (Å²) < 4.78 is 36.0. The molecule has 1 saturated heterocycles. The summed E-state index contributed by atoms with van der Waals surface area (Å²) in [5.74, 6) is -9.85. The number of carbonyl (C=O) groups is 7. The number of aliphatic hydroxyl groups excluding tert-OH is 1. The van der Waals surface area contributed by atoms with Crippen molar-refractivity contribution in [1.82, 2.24) is 5.32 Å². The molecule has 3 aromatic carbocycles. The molecule has 2 bridgehead atoms. The van der Waals surface area contributed by atoms with Crippen LogP contribution in [0.2, 0.25) is 0 Å². The number of fused-ring (bicyclic) bond motifs is 5. The minimum Gasteiger partial charge on any atom is -0.459 e. The Kier molecular flexibility index (Phi) is 13.9. The van der Waals surface area contributed by atoms with Crippen LogP contribution in [-0.4, -0.2) is 106 Å². The first-order chi connectivity index (χ1) is 32.4. The molecule has 0 spiro atoms. The summed E-state index contributed by atoms with van der Waals surface area (Å²) in [5, 5.41) is 28.6. The van der Waals surface area contributed by atoms with Crippen molar-refractivity contribution in [1.29, 1.82) is 0 Å². The largest absolute Gasteiger partial charge is 0.509 e. The first-order valence-electron chi connectivity index (χ1n) is 23.1. The molecule has 3 aliphatic carbocycles. The SMILES string of the molecule is CC(=O)O[C@@]12CO[C@@H]1C[C@H](O)[C@@]1(C)C(=O)C(=O)C3C(C)[C@@H](OC(=O)[C@H](OC(=O)OC(C)(C)C)[C@@H](NC(=O)C(C)=Cc4ccccc4)c4ccccc4)CC(O)([C@@H](OC(=O)c4ccccc4)[C@H]21)C3(C)C. The number of hydrogen-bond donors (Lipinski definition) is 3. The molecule has 16 heteroatoms. The van der Waals surface area contributed by atoms with Crippen LogP contribution >= 0.6 is 0 Å². The van der Waals surface area contributed by atoms with Crippen LogP contribution in [-0.2, 0) is 52.4 Å². The second kappa shape index (κ2) is 18.9. The molecule has 1 aliphatic heterocycles. The molecule has 3 N–H and O–H groups in total. The Hall–Kier alpha value is -6.23. The highest BCUT2D eigenvalue weighted by Crippen LogP contribution is 2.64. The van der Waals surface area contributed by atoms with E-state index in [1.807, 2.05) is 6.07 Å². The smallest absolute Gasteiger partial charge is 0.459 e. The Morgan fingerprint density at radius 1 is 0.870 bits per heavy atom. The lowest BCUT2D eigenvalue weighted by Gasteiger charge is -2.67. The van der Waals surface area contributed by atoms with E-state index in [1.165, 1.54) is 32.9 Å². The van der Waals surface area contributed by atoms with Crippen LogP contribution in [0.5, 0.6) is 0 Å². The lowest BCUT2D eigenvalue weighted by molar-refractivity contribution is -0.350. The van der Waals surface area contributed by atoms with Gasteiger partial charge in [-0.3, -0.25) is 19.2 Å². The molecule has 16 nitrogen and oxygen atoms in total. The van der Waals surface area contributed by atoms with Crippen molar-refractivity contribution < 1.29 is 72.2 Å². The summed E-state index contributed by atoms with van der Waals surface area (Å²) in [6.45, 7) is 13.1. The third-order valence-electron chi connectivity index (χ3n) is 14.6. The van der Waals surface area contributed by atoms with E-state index in [4.69, 9.17) is 28.4 Å². The van der Waals surface area contributed by atoms with Crippen LogP contribution in [0.25, 0.3) is 6.08 Å². The van der Waals surface area contributed by atoms with Gasteiger partial charge in [-0.1, -0.05) is 99.6 Å². The van der Waals surface area contributed by atoms with Gasteiger partial charge in [0.1, 0.15) is 35.6 Å². The molecule has 4 aliphatic rings. The highest BCUT2D eigenvalue weighted by atomic mass is 16.7. The lowest BCUT2D eigenvalue weighted by atomic mass is 9.42. The number of ketones is 2. The van der Waals surface area contributed by atoms with E-state index in [2.05, 4.69) is 5.32 Å². The first-order valence-corrected chi connectivity index (χ1v) is 23.1. The fraction of sp³-hybridized carbons (Fsp3) is 0.491. The van der Waals surface area contributed by atoms with Gasteiger partial charge >= 0.3 is 24.1 Å². The number of aliphatic hydroxyl groups is 2. The lowest BCUT2D eigenvalue weighted by Crippen LogP contribution is -2.82. The maximum atomic E-state index is 15.2. The summed E-state index contributed by atoms with van der Waals surface area (Å²) in [7, 11) is 0. The van der Waals surface area contributed by atoms with Gasteiger partial charge < -0.3 is 44.0 Å². The summed E-state index contributed by atoms with van der Waals surface area (Å²) in [6.07, 6.45) is -8.44. The highest BCUT2D eigenvalue weighted by Gasteiger charge is 2.79. The Morgan fingerprint density at radius 2 is 1.46 bits per heavy atom. The monoisotopic (exact) mass is 951 g/mol. The third kappa shape index (κ3) is 9.33. The molecule has 1 heterocycles. The topological polar surface area (TPSA) is 227 Å². The van der Waals surface area contributed by atoms with E-state index in [9.17, 15) is 29.4 Å². The van der Waals surface area contributed by atoms with Crippen molar-refractivity contribution >= 4 is 47.6 Å². The minimum absolute atomic E-state index is 0.0538. The van der Waals surface area contributed by atoms with Gasteiger partial charge in [0, 0.05) is 42.6 Å². The number of benzene rings is 3. The van der Waals surface area contributed by atoms with Crippen molar-refractivity contribution in [2.45, 2.75) is 129 Å². The second-order valence-electron chi connectivity index (χ2n) is 20.5. The van der Waals surface area contributed by atoms with Gasteiger partial charge in [0.05, 0.1) is 29.6 Å². The average Bonchev–Trinajstić information content (AvgIpc) is 3.28. The number of esters is 3. The summed E-state index contributed by atoms with van der Waals surface area (Å²) in [4.78, 5) is 100. The quantitative estimate of drug-likeness (QED) is 0.0860. The van der Waals surface area contributed by atoms with Crippen molar-refractivity contribution in [2.75, 3.05) is 6.61 Å². The standard InChI is InChI=1S/C53H61NO15/c1-29(25-32-19-13-10-14-20-32)45(59)54-39(33-21-15-11-16-22-33)41(66-48(62)69-49(4,5)6)47(61)65-35-27-53(63)44(67-46(60)34-23-17-12-18-24-34)42-51(9,43(58)40(57)38(30(35)2)50(53,7)8)36(56)26-37-52(42,28-64-37)68-31(3)55/h10-25,30,35-39,41-42,44,56,63H,26-28H2,1-9H3,(H,54,59)/t30?,35-,36-,37+,38?,39-,41+,42-,44-,51+,52-,53?/m0/s1. The molecular formula is C53H61NO15. The maximum absolute atomic E-state index is 15.2. The summed E-state index contributed by atoms with van der Waals surface area (Å²) >= 11 is 0. The number of nitrogens with one attached hydrogen (secondary N) is 1. The zero-order valence-corrected chi connectivity index (χ0v) is 40.3. The van der Waals surface area contributed by atoms with Gasteiger partial charge in [-0.05, 0) is 64.0 Å². The number of amides is 1. The average molecular weight is 952 g/mol. The fourth-order valence-corrected chi connectivity index (χ4v) is 11.0. The zero-order chi connectivity index (χ0) is 50.4. The van der Waals surface area contributed by atoms with Crippen molar-refractivity contribution in [3.63, 3.8) is 0 Å². The zero-order valence-electron chi connectivity index (χ0n) is 40.3. The highest BCUT2D eigenvalue weighted by molar-refractivity contribution is 6.40. The first kappa shape index (κ1) is 50.6. The van der Waals surface area contributed by atoms with Gasteiger partial charge in [0.15, 0.2) is 5.60 Å². The van der Waals surface area contributed by atoms with Crippen molar-refractivity contribution in [2.24, 2.45) is 28.6 Å². The predicted octanol–water partition coefficient (Wildman–Crippen LogP) is 6.06. The molecule has 4 fully saturated rings. The normalized spacial score (nSPS) is 31.3. The van der Waals surface area contributed by atoms with Gasteiger partial charge in [0.2, 0.25) is 23.6 Å². The Balaban J connectivity index is 1.35. The molecule has 3 aromatic rings. The molecule has 12 atom stereocenters. The number of ether oxygens (including phenoxy) is 6. The number of rotatable bonds is 11. The van der Waals surface area contributed by atoms with Crippen LogP contribution in [0, 0.1) is 28.6 Å². The Bertz CT molecular complexity index is 2500. The van der Waals surface area contributed by atoms with Gasteiger partial charge in [-0.2, -0.15) is 0 Å². The molecule has 3 unspecified atom stereocenters. The number of carbonyl (C=O) groups excluding carboxylic acids is 7. The molecule has 3 saturated carbocycles. The van der Waals surface area contributed by atoms with Crippen LogP contribution in [0.3, 0.4) is 0 Å². The van der Waals surface area contributed by atoms with Crippen molar-refractivity contribution in [3.05, 3.63) is 113 Å². The number of hydrogen-bond acceptors (Lipinski definition) is 15. The van der Waals surface area contributed by atoms with Gasteiger partial charge in [-0.25, -0.2) is 14.4 Å². The van der Waals surface area contributed by atoms with Crippen LogP contribution in [0.1, 0.15) is 103 Å². The van der Waals surface area contributed by atoms with Crippen molar-refractivity contribution in [3.8, 4) is 0 Å². The molecule has 368 valence electrons. The third-order valence-corrected chi connectivity index (χ3v) is 14.6. The Morgan fingerprint density at radius 3 is 2.03 bits per heavy atom. The molecule has 69 heavy (non-hydrogen) atoms. The molecule has 7 rings (SSSR count). The van der Waals surface area contributed by atoms with E-state index in [0.717, 1.165) is 12.5 Å². The van der Waals surface area contributed by atoms with Gasteiger partial charge in [0.25, 0.3) is 0 Å². The van der Waals surface area contributed by atoms with E-state index in [-0.39, 0.29) is 24.2 Å². The molecular weight excluding hydrogens is 891 g/mol. The molecule has 0 aromatic heterocycles. The number of Topliss-reactive ketones (excluding diaryl/α,β-unsaturated/α-hetero) is 2. The molecule has 0 radical (unpaired) electrons. The van der Waals surface area contributed by atoms with E-state index in [1.54, 1.807) is 113 Å². The Labute approximate surface area is 401 Å².